The maximum atomic E-state index is 13.6. The maximum absolute atomic E-state index is 13.6. The quantitative estimate of drug-likeness (QED) is 0.712. The van der Waals surface area contributed by atoms with Gasteiger partial charge in [0.15, 0.2) is 5.82 Å². The molecular formula is C21H16FN3O. The zero-order chi connectivity index (χ0) is 18.0. The van der Waals surface area contributed by atoms with Crippen LogP contribution >= 0.6 is 0 Å². The molecule has 0 fully saturated rings. The van der Waals surface area contributed by atoms with Gasteiger partial charge in [0.1, 0.15) is 11.9 Å². The standard InChI is InChI=1S/C21H16FN3O/c22-19-7-4-12-25(20(19)26)14-21(13-23-15-24-21)18-10-8-17(9-11-18)16-5-2-1-3-6-16/h1-13,15H,14H2. The fourth-order valence-electron chi connectivity index (χ4n) is 3.12. The van der Waals surface area contributed by atoms with Gasteiger partial charge in [-0.25, -0.2) is 9.38 Å². The normalized spacial score (nSPS) is 18.3. The van der Waals surface area contributed by atoms with Crippen LogP contribution in [0.1, 0.15) is 5.56 Å². The summed E-state index contributed by atoms with van der Waals surface area (Å²) < 4.78 is 14.9. The highest BCUT2D eigenvalue weighted by atomic mass is 19.1. The molecule has 26 heavy (non-hydrogen) atoms. The maximum Gasteiger partial charge on any atom is 0.286 e. The van der Waals surface area contributed by atoms with E-state index in [2.05, 4.69) is 9.98 Å². The molecule has 0 N–H and O–H groups in total. The van der Waals surface area contributed by atoms with Crippen molar-refractivity contribution in [2.24, 2.45) is 9.98 Å². The van der Waals surface area contributed by atoms with Gasteiger partial charge in [-0.15, -0.1) is 0 Å². The highest BCUT2D eigenvalue weighted by Gasteiger charge is 2.32. The lowest BCUT2D eigenvalue weighted by Gasteiger charge is -2.24. The van der Waals surface area contributed by atoms with Crippen LogP contribution in [0.5, 0.6) is 0 Å². The Bertz CT molecular complexity index is 1020. The molecule has 1 unspecified atom stereocenters. The van der Waals surface area contributed by atoms with Crippen molar-refractivity contribution in [3.8, 4) is 11.1 Å². The van der Waals surface area contributed by atoms with E-state index >= 15 is 0 Å². The summed E-state index contributed by atoms with van der Waals surface area (Å²) in [6, 6.07) is 20.7. The number of aromatic nitrogens is 1. The second kappa shape index (κ2) is 6.52. The average molecular weight is 345 g/mol. The molecule has 0 aliphatic carbocycles. The predicted molar refractivity (Wildman–Crippen MR) is 101 cm³/mol. The number of hydrogen-bond acceptors (Lipinski definition) is 3. The minimum Gasteiger partial charge on any atom is -0.310 e. The molecule has 1 aliphatic heterocycles. The van der Waals surface area contributed by atoms with Crippen LogP contribution in [0.3, 0.4) is 0 Å². The average Bonchev–Trinajstić information content (AvgIpc) is 3.16. The predicted octanol–water partition coefficient (Wildman–Crippen LogP) is 3.66. The van der Waals surface area contributed by atoms with Gasteiger partial charge in [-0.3, -0.25) is 9.79 Å². The van der Waals surface area contributed by atoms with Gasteiger partial charge >= 0.3 is 0 Å². The van der Waals surface area contributed by atoms with Crippen LogP contribution in [0, 0.1) is 5.82 Å². The molecule has 0 spiro atoms. The summed E-state index contributed by atoms with van der Waals surface area (Å²) in [4.78, 5) is 20.7. The first-order valence-corrected chi connectivity index (χ1v) is 8.27. The van der Waals surface area contributed by atoms with Crippen molar-refractivity contribution in [3.63, 3.8) is 0 Å². The Morgan fingerprint density at radius 3 is 2.35 bits per heavy atom. The van der Waals surface area contributed by atoms with Crippen molar-refractivity contribution < 1.29 is 4.39 Å². The third-order valence-corrected chi connectivity index (χ3v) is 4.52. The second-order valence-electron chi connectivity index (χ2n) is 6.18. The van der Waals surface area contributed by atoms with Gasteiger partial charge in [0.05, 0.1) is 6.54 Å². The number of benzene rings is 2. The number of rotatable bonds is 4. The first-order chi connectivity index (χ1) is 12.7. The number of pyridine rings is 1. The number of hydrogen-bond donors (Lipinski definition) is 0. The Morgan fingerprint density at radius 1 is 0.923 bits per heavy atom. The molecule has 1 aliphatic rings. The number of nitrogens with zero attached hydrogens (tertiary/aromatic N) is 3. The molecule has 2 aromatic carbocycles. The molecule has 0 amide bonds. The summed E-state index contributed by atoms with van der Waals surface area (Å²) in [5.41, 5.74) is 1.63. The van der Waals surface area contributed by atoms with E-state index in [1.165, 1.54) is 17.0 Å². The molecule has 1 atom stereocenters. The lowest BCUT2D eigenvalue weighted by atomic mass is 9.90. The van der Waals surface area contributed by atoms with Crippen molar-refractivity contribution in [3.05, 3.63) is 94.7 Å². The van der Waals surface area contributed by atoms with Crippen molar-refractivity contribution in [1.82, 2.24) is 4.57 Å². The minimum atomic E-state index is -0.813. The van der Waals surface area contributed by atoms with Crippen LogP contribution < -0.4 is 5.56 Å². The van der Waals surface area contributed by atoms with E-state index in [1.54, 1.807) is 12.4 Å². The molecule has 0 radical (unpaired) electrons. The first-order valence-electron chi connectivity index (χ1n) is 8.27. The van der Waals surface area contributed by atoms with Gasteiger partial charge in [-0.1, -0.05) is 54.6 Å². The molecule has 3 aromatic rings. The molecule has 1 aromatic heterocycles. The third-order valence-electron chi connectivity index (χ3n) is 4.52. The second-order valence-corrected chi connectivity index (χ2v) is 6.18. The van der Waals surface area contributed by atoms with Gasteiger partial charge < -0.3 is 4.57 Å². The van der Waals surface area contributed by atoms with Crippen molar-refractivity contribution in [1.29, 1.82) is 0 Å². The summed E-state index contributed by atoms with van der Waals surface area (Å²) in [6.07, 6.45) is 4.73. The van der Waals surface area contributed by atoms with Crippen LogP contribution in [0.15, 0.2) is 87.7 Å². The molecule has 4 nitrogen and oxygen atoms in total. The van der Waals surface area contributed by atoms with E-state index in [9.17, 15) is 9.18 Å². The molecule has 4 rings (SSSR count). The first kappa shape index (κ1) is 16.1. The van der Waals surface area contributed by atoms with Crippen LogP contribution in [-0.2, 0) is 12.1 Å². The summed E-state index contributed by atoms with van der Waals surface area (Å²) in [7, 11) is 0. The Balaban J connectivity index is 1.71. The van der Waals surface area contributed by atoms with Crippen LogP contribution in [0.25, 0.3) is 11.1 Å². The Labute approximate surface area is 150 Å². The summed E-state index contributed by atoms with van der Waals surface area (Å²) in [6.45, 7) is 0.189. The van der Waals surface area contributed by atoms with Crippen molar-refractivity contribution >= 4 is 12.6 Å². The lowest BCUT2D eigenvalue weighted by molar-refractivity contribution is 0.480. The van der Waals surface area contributed by atoms with Gasteiger partial charge in [0.2, 0.25) is 0 Å². The number of aliphatic imine (C=N–C) groups is 2. The molecule has 128 valence electrons. The highest BCUT2D eigenvalue weighted by molar-refractivity contribution is 5.87. The van der Waals surface area contributed by atoms with E-state index in [0.717, 1.165) is 22.8 Å². The smallest absolute Gasteiger partial charge is 0.286 e. The Kier molecular flexibility index (Phi) is 4.05. The van der Waals surface area contributed by atoms with E-state index in [-0.39, 0.29) is 6.54 Å². The molecule has 5 heteroatoms. The fraction of sp³-hybridized carbons (Fsp3) is 0.0952. The highest BCUT2D eigenvalue weighted by Crippen LogP contribution is 2.30. The van der Waals surface area contributed by atoms with Crippen LogP contribution in [0.2, 0.25) is 0 Å². The monoisotopic (exact) mass is 345 g/mol. The topological polar surface area (TPSA) is 46.7 Å². The summed E-state index contributed by atoms with van der Waals surface area (Å²) in [5.74, 6) is -0.777. The Hall–Kier alpha value is -3.34. The zero-order valence-electron chi connectivity index (χ0n) is 13.9. The van der Waals surface area contributed by atoms with E-state index in [0.29, 0.717) is 0 Å². The van der Waals surface area contributed by atoms with Gasteiger partial charge in [0, 0.05) is 12.4 Å². The van der Waals surface area contributed by atoms with E-state index in [4.69, 9.17) is 0 Å². The van der Waals surface area contributed by atoms with Crippen LogP contribution in [0.4, 0.5) is 4.39 Å². The lowest BCUT2D eigenvalue weighted by Crippen LogP contribution is -2.35. The van der Waals surface area contributed by atoms with E-state index in [1.807, 2.05) is 54.6 Å². The fourth-order valence-corrected chi connectivity index (χ4v) is 3.12. The number of halogens is 1. The summed E-state index contributed by atoms with van der Waals surface area (Å²) >= 11 is 0. The SMILES string of the molecule is O=c1c(F)cccn1CC1(c2ccc(-c3ccccc3)cc2)C=NC=N1. The van der Waals surface area contributed by atoms with Gasteiger partial charge in [0.25, 0.3) is 5.56 Å². The molecule has 0 bridgehead atoms. The van der Waals surface area contributed by atoms with Crippen molar-refractivity contribution in [2.45, 2.75) is 12.1 Å². The van der Waals surface area contributed by atoms with Crippen molar-refractivity contribution in [2.75, 3.05) is 0 Å². The molecular weight excluding hydrogens is 329 g/mol. The Morgan fingerprint density at radius 2 is 1.65 bits per heavy atom. The zero-order valence-corrected chi connectivity index (χ0v) is 13.9. The van der Waals surface area contributed by atoms with Gasteiger partial charge in [-0.05, 0) is 28.8 Å². The minimum absolute atomic E-state index is 0.189. The molecule has 0 saturated carbocycles. The molecule has 2 heterocycles. The van der Waals surface area contributed by atoms with Gasteiger partial charge in [-0.2, -0.15) is 0 Å². The molecule has 0 saturated heterocycles. The van der Waals surface area contributed by atoms with Crippen LogP contribution in [-0.4, -0.2) is 17.1 Å². The third kappa shape index (κ3) is 2.88. The summed E-state index contributed by atoms with van der Waals surface area (Å²) in [5, 5.41) is 0. The largest absolute Gasteiger partial charge is 0.310 e. The van der Waals surface area contributed by atoms with E-state index < -0.39 is 16.9 Å².